The zero-order valence-electron chi connectivity index (χ0n) is 16.8. The second-order valence-corrected chi connectivity index (χ2v) is 7.92. The molecule has 0 radical (unpaired) electrons. The molecule has 0 aliphatic carbocycles. The van der Waals surface area contributed by atoms with Crippen molar-refractivity contribution in [2.75, 3.05) is 26.7 Å². The van der Waals surface area contributed by atoms with Crippen LogP contribution >= 0.6 is 0 Å². The fourth-order valence-electron chi connectivity index (χ4n) is 3.85. The van der Waals surface area contributed by atoms with Gasteiger partial charge in [-0.15, -0.1) is 0 Å². The molecule has 1 fully saturated rings. The van der Waals surface area contributed by atoms with Crippen LogP contribution in [0.3, 0.4) is 0 Å². The molecule has 1 aromatic heterocycles. The van der Waals surface area contributed by atoms with Crippen molar-refractivity contribution in [1.29, 1.82) is 0 Å². The van der Waals surface area contributed by atoms with E-state index >= 15 is 0 Å². The first kappa shape index (κ1) is 21.1. The maximum absolute atomic E-state index is 13.1. The smallest absolute Gasteiger partial charge is 0.345 e. The minimum atomic E-state index is -0.915. The van der Waals surface area contributed by atoms with Gasteiger partial charge in [-0.05, 0) is 57.0 Å². The van der Waals surface area contributed by atoms with Gasteiger partial charge in [-0.25, -0.2) is 9.18 Å². The van der Waals surface area contributed by atoms with Crippen LogP contribution in [-0.4, -0.2) is 63.1 Å². The Bertz CT molecular complexity index is 915. The lowest BCUT2D eigenvalue weighted by molar-refractivity contribution is -0.00402. The number of rotatable bonds is 5. The van der Waals surface area contributed by atoms with Crippen LogP contribution in [0.2, 0.25) is 0 Å². The number of aromatic amines is 1. The van der Waals surface area contributed by atoms with Gasteiger partial charge in [0.05, 0.1) is 5.60 Å². The number of nitrogens with zero attached hydrogens (tertiary/aromatic N) is 3. The fraction of sp³-hybridized carbons (Fsp3) is 0.476. The van der Waals surface area contributed by atoms with Gasteiger partial charge in [-0.2, -0.15) is 4.98 Å². The van der Waals surface area contributed by atoms with Crippen LogP contribution in [0.5, 0.6) is 0 Å². The number of aryl methyl sites for hydroxylation is 1. The molecule has 2 N–H and O–H groups in total. The maximum atomic E-state index is 13.1. The van der Waals surface area contributed by atoms with E-state index in [2.05, 4.69) is 9.97 Å². The Balaban J connectivity index is 1.61. The first-order valence-corrected chi connectivity index (χ1v) is 9.77. The van der Waals surface area contributed by atoms with Crippen molar-refractivity contribution < 1.29 is 14.3 Å². The van der Waals surface area contributed by atoms with E-state index in [1.165, 1.54) is 12.1 Å². The van der Waals surface area contributed by atoms with Crippen molar-refractivity contribution in [3.8, 4) is 0 Å². The summed E-state index contributed by atoms with van der Waals surface area (Å²) in [5.74, 6) is -0.559. The van der Waals surface area contributed by atoms with Gasteiger partial charge in [0.1, 0.15) is 11.5 Å². The molecule has 1 aromatic carbocycles. The van der Waals surface area contributed by atoms with Crippen LogP contribution in [0.15, 0.2) is 35.1 Å². The number of H-pyrrole nitrogens is 1. The van der Waals surface area contributed by atoms with E-state index in [-0.39, 0.29) is 17.4 Å². The highest BCUT2D eigenvalue weighted by Gasteiger charge is 2.33. The van der Waals surface area contributed by atoms with Crippen LogP contribution in [-0.2, 0) is 6.54 Å². The molecule has 1 saturated heterocycles. The highest BCUT2D eigenvalue weighted by Crippen LogP contribution is 2.24. The lowest BCUT2D eigenvalue weighted by Crippen LogP contribution is -2.42. The first-order chi connectivity index (χ1) is 13.7. The summed E-state index contributed by atoms with van der Waals surface area (Å²) in [6, 6.07) is 7.89. The van der Waals surface area contributed by atoms with Crippen molar-refractivity contribution in [1.82, 2.24) is 19.8 Å². The number of hydrogen-bond acceptors (Lipinski definition) is 5. The van der Waals surface area contributed by atoms with Crippen LogP contribution in [0.25, 0.3) is 0 Å². The lowest BCUT2D eigenvalue weighted by Gasteiger charge is -2.31. The molecular formula is C21H27FN4O3. The van der Waals surface area contributed by atoms with E-state index in [1.54, 1.807) is 30.0 Å². The molecule has 7 nitrogen and oxygen atoms in total. The zero-order chi connectivity index (χ0) is 21.0. The Hall–Kier alpha value is -2.58. The second kappa shape index (κ2) is 8.84. The van der Waals surface area contributed by atoms with E-state index in [9.17, 15) is 19.1 Å². The topological polar surface area (TPSA) is 89.5 Å². The molecule has 1 unspecified atom stereocenters. The fourth-order valence-corrected chi connectivity index (χ4v) is 3.85. The summed E-state index contributed by atoms with van der Waals surface area (Å²) in [5, 5.41) is 11.1. The molecule has 2 heterocycles. The molecular weight excluding hydrogens is 375 g/mol. The number of hydrogen-bond donors (Lipinski definition) is 2. The number of benzene rings is 1. The molecule has 2 aromatic rings. The van der Waals surface area contributed by atoms with E-state index < -0.39 is 11.3 Å². The van der Waals surface area contributed by atoms with Crippen molar-refractivity contribution in [2.24, 2.45) is 0 Å². The Kier molecular flexibility index (Phi) is 6.44. The zero-order valence-corrected chi connectivity index (χ0v) is 16.8. The predicted octanol–water partition coefficient (Wildman–Crippen LogP) is 1.71. The van der Waals surface area contributed by atoms with E-state index in [1.807, 2.05) is 11.9 Å². The van der Waals surface area contributed by atoms with Crippen molar-refractivity contribution >= 4 is 5.91 Å². The van der Waals surface area contributed by atoms with Gasteiger partial charge >= 0.3 is 5.69 Å². The minimum Gasteiger partial charge on any atom is -0.388 e. The SMILES string of the molecule is Cc1cc(C(=O)N2CCCC(O)(CN(C)Cc3ccc(F)cc3)CC2)nc(=O)[nH]1. The van der Waals surface area contributed by atoms with Gasteiger partial charge < -0.3 is 15.0 Å². The normalized spacial score (nSPS) is 20.0. The predicted molar refractivity (Wildman–Crippen MR) is 107 cm³/mol. The molecule has 8 heteroatoms. The number of likely N-dealkylation sites (tertiary alicyclic amines) is 1. The molecule has 1 aliphatic rings. The third kappa shape index (κ3) is 5.71. The monoisotopic (exact) mass is 402 g/mol. The second-order valence-electron chi connectivity index (χ2n) is 7.92. The number of amides is 1. The summed E-state index contributed by atoms with van der Waals surface area (Å²) in [6.07, 6.45) is 1.68. The number of carbonyl (C=O) groups is 1. The van der Waals surface area contributed by atoms with Gasteiger partial charge in [0.15, 0.2) is 0 Å². The van der Waals surface area contributed by atoms with Gasteiger partial charge in [0.2, 0.25) is 0 Å². The number of halogens is 1. The molecule has 3 rings (SSSR count). The lowest BCUT2D eigenvalue weighted by atomic mass is 9.94. The summed E-state index contributed by atoms with van der Waals surface area (Å²) in [7, 11) is 1.91. The minimum absolute atomic E-state index is 0.130. The van der Waals surface area contributed by atoms with Gasteiger partial charge in [0, 0.05) is 31.9 Å². The number of aromatic nitrogens is 2. The Morgan fingerprint density at radius 3 is 2.72 bits per heavy atom. The molecule has 1 aliphatic heterocycles. The molecule has 1 amide bonds. The maximum Gasteiger partial charge on any atom is 0.345 e. The first-order valence-electron chi connectivity index (χ1n) is 9.77. The third-order valence-electron chi connectivity index (χ3n) is 5.23. The summed E-state index contributed by atoms with van der Waals surface area (Å²) in [5.41, 5.74) is 0.231. The number of aliphatic hydroxyl groups is 1. The molecule has 29 heavy (non-hydrogen) atoms. The third-order valence-corrected chi connectivity index (χ3v) is 5.23. The largest absolute Gasteiger partial charge is 0.388 e. The molecule has 0 spiro atoms. The van der Waals surface area contributed by atoms with Crippen molar-refractivity contribution in [2.45, 2.75) is 38.3 Å². The molecule has 0 saturated carbocycles. The summed E-state index contributed by atoms with van der Waals surface area (Å²) >= 11 is 0. The molecule has 156 valence electrons. The molecule has 0 bridgehead atoms. The Morgan fingerprint density at radius 1 is 1.31 bits per heavy atom. The Morgan fingerprint density at radius 2 is 2.03 bits per heavy atom. The molecule has 1 atom stereocenters. The summed E-state index contributed by atoms with van der Waals surface area (Å²) in [6.45, 7) is 3.66. The standard InChI is InChI=1S/C21H27FN4O3/c1-15-12-18(24-20(28)23-15)19(27)26-10-3-8-21(29,9-11-26)14-25(2)13-16-4-6-17(22)7-5-16/h4-7,12,29H,3,8-11,13-14H2,1-2H3,(H,23,24,28). The highest BCUT2D eigenvalue weighted by atomic mass is 19.1. The number of nitrogens with one attached hydrogen (secondary N) is 1. The van der Waals surface area contributed by atoms with Crippen LogP contribution in [0.1, 0.15) is 41.0 Å². The highest BCUT2D eigenvalue weighted by molar-refractivity contribution is 5.92. The van der Waals surface area contributed by atoms with E-state index in [4.69, 9.17) is 0 Å². The Labute approximate surface area is 169 Å². The van der Waals surface area contributed by atoms with Gasteiger partial charge in [0.25, 0.3) is 5.91 Å². The van der Waals surface area contributed by atoms with Gasteiger partial charge in [-0.3, -0.25) is 9.69 Å². The number of likely N-dealkylation sites (N-methyl/N-ethyl adjacent to an activating group) is 1. The van der Waals surface area contributed by atoms with E-state index in [0.717, 1.165) is 5.56 Å². The van der Waals surface area contributed by atoms with Crippen LogP contribution in [0, 0.1) is 12.7 Å². The van der Waals surface area contributed by atoms with Gasteiger partial charge in [-0.1, -0.05) is 12.1 Å². The average Bonchev–Trinajstić information content (AvgIpc) is 2.84. The summed E-state index contributed by atoms with van der Waals surface area (Å²) in [4.78, 5) is 34.3. The number of carbonyl (C=O) groups excluding carboxylic acids is 1. The van der Waals surface area contributed by atoms with Crippen LogP contribution < -0.4 is 5.69 Å². The quantitative estimate of drug-likeness (QED) is 0.795. The van der Waals surface area contributed by atoms with Crippen LogP contribution in [0.4, 0.5) is 4.39 Å². The van der Waals surface area contributed by atoms with Crippen molar-refractivity contribution in [3.63, 3.8) is 0 Å². The van der Waals surface area contributed by atoms with E-state index in [0.29, 0.717) is 51.1 Å². The average molecular weight is 402 g/mol. The van der Waals surface area contributed by atoms with Crippen molar-refractivity contribution in [3.05, 3.63) is 63.6 Å². The summed E-state index contributed by atoms with van der Waals surface area (Å²) < 4.78 is 13.1.